The molecule has 0 aliphatic carbocycles. The van der Waals surface area contributed by atoms with E-state index in [0.29, 0.717) is 47.9 Å². The molecule has 2 aromatic rings. The molecule has 0 spiro atoms. The quantitative estimate of drug-likeness (QED) is 0.714. The molecule has 0 saturated carbocycles. The molecule has 1 aromatic heterocycles. The van der Waals surface area contributed by atoms with Crippen molar-refractivity contribution in [1.29, 1.82) is 0 Å². The first-order valence-electron chi connectivity index (χ1n) is 8.89. The second-order valence-electron chi connectivity index (χ2n) is 6.38. The molecule has 8 nitrogen and oxygen atoms in total. The molecule has 2 heterocycles. The lowest BCUT2D eigenvalue weighted by Gasteiger charge is -2.26. The van der Waals surface area contributed by atoms with Crippen molar-refractivity contribution in [1.82, 2.24) is 25.0 Å². The maximum atomic E-state index is 12.4. The van der Waals surface area contributed by atoms with Crippen LogP contribution >= 0.6 is 23.4 Å². The number of carbonyl (C=O) groups excluding carboxylic acids is 2. The lowest BCUT2D eigenvalue weighted by molar-refractivity contribution is -0.132. The zero-order valence-electron chi connectivity index (χ0n) is 15.7. The summed E-state index contributed by atoms with van der Waals surface area (Å²) in [5.74, 6) is 0.742. The molecule has 0 radical (unpaired) electrons. The van der Waals surface area contributed by atoms with Crippen LogP contribution in [-0.4, -0.2) is 63.5 Å². The molecule has 0 bridgehead atoms. The number of morpholine rings is 1. The Bertz CT molecular complexity index is 836. The molecule has 0 unspecified atom stereocenters. The minimum atomic E-state index is -0.343. The van der Waals surface area contributed by atoms with E-state index in [0.717, 1.165) is 0 Å². The third kappa shape index (κ3) is 5.03. The molecule has 28 heavy (non-hydrogen) atoms. The number of nitrogens with zero attached hydrogens (tertiary/aromatic N) is 4. The molecule has 1 fully saturated rings. The minimum Gasteiger partial charge on any atom is -0.378 e. The Morgan fingerprint density at radius 2 is 1.93 bits per heavy atom. The number of carbonyl (C=O) groups is 2. The molecular weight excluding hydrogens is 402 g/mol. The molecule has 1 N–H and O–H groups in total. The largest absolute Gasteiger partial charge is 0.378 e. The van der Waals surface area contributed by atoms with E-state index in [1.165, 1.54) is 11.8 Å². The Morgan fingerprint density at radius 3 is 2.61 bits per heavy atom. The third-order valence-corrected chi connectivity index (χ3v) is 5.66. The molecule has 1 aliphatic heterocycles. The van der Waals surface area contributed by atoms with Gasteiger partial charge in [0.05, 0.1) is 25.0 Å². The summed E-state index contributed by atoms with van der Waals surface area (Å²) in [7, 11) is 1.82. The molecule has 2 amide bonds. The van der Waals surface area contributed by atoms with E-state index in [-0.39, 0.29) is 23.6 Å². The van der Waals surface area contributed by atoms with Gasteiger partial charge in [-0.2, -0.15) is 0 Å². The van der Waals surface area contributed by atoms with Crippen molar-refractivity contribution in [2.24, 2.45) is 7.05 Å². The van der Waals surface area contributed by atoms with Crippen molar-refractivity contribution in [2.45, 2.75) is 18.1 Å². The van der Waals surface area contributed by atoms with E-state index < -0.39 is 0 Å². The zero-order valence-corrected chi connectivity index (χ0v) is 17.3. The van der Waals surface area contributed by atoms with Crippen LogP contribution in [0.3, 0.4) is 0 Å². The fourth-order valence-electron chi connectivity index (χ4n) is 2.81. The first-order chi connectivity index (χ1) is 13.5. The SMILES string of the molecule is C[C@H](NC(=O)c1ccc(Cl)cc1)c1nnc(SCC(=O)N2CCOCC2)n1C. The van der Waals surface area contributed by atoms with Gasteiger partial charge in [-0.3, -0.25) is 9.59 Å². The number of hydrogen-bond acceptors (Lipinski definition) is 6. The normalized spacial score (nSPS) is 15.3. The van der Waals surface area contributed by atoms with Gasteiger partial charge in [0.15, 0.2) is 11.0 Å². The average Bonchev–Trinajstić information content (AvgIpc) is 3.07. The highest BCUT2D eigenvalue weighted by molar-refractivity contribution is 7.99. The predicted molar refractivity (Wildman–Crippen MR) is 106 cm³/mol. The summed E-state index contributed by atoms with van der Waals surface area (Å²) >= 11 is 7.19. The van der Waals surface area contributed by atoms with Crippen LogP contribution in [0.5, 0.6) is 0 Å². The molecule has 1 aliphatic rings. The molecule has 1 atom stereocenters. The number of rotatable bonds is 6. The molecule has 150 valence electrons. The number of halogens is 1. The lowest BCUT2D eigenvalue weighted by atomic mass is 10.2. The second-order valence-corrected chi connectivity index (χ2v) is 7.76. The van der Waals surface area contributed by atoms with Crippen LogP contribution in [0, 0.1) is 0 Å². The van der Waals surface area contributed by atoms with Crippen molar-refractivity contribution in [2.75, 3.05) is 32.1 Å². The summed E-state index contributed by atoms with van der Waals surface area (Å²) in [5, 5.41) is 12.4. The summed E-state index contributed by atoms with van der Waals surface area (Å²) in [6.45, 7) is 4.24. The van der Waals surface area contributed by atoms with E-state index in [4.69, 9.17) is 16.3 Å². The first-order valence-corrected chi connectivity index (χ1v) is 10.3. The molecule has 1 aromatic carbocycles. The summed E-state index contributed by atoms with van der Waals surface area (Å²) in [6, 6.07) is 6.33. The smallest absolute Gasteiger partial charge is 0.251 e. The Hall–Kier alpha value is -2.10. The van der Waals surface area contributed by atoms with Crippen LogP contribution < -0.4 is 5.32 Å². The summed E-state index contributed by atoms with van der Waals surface area (Å²) < 4.78 is 7.06. The van der Waals surface area contributed by atoms with E-state index in [1.807, 2.05) is 14.0 Å². The monoisotopic (exact) mass is 423 g/mol. The van der Waals surface area contributed by atoms with Crippen molar-refractivity contribution < 1.29 is 14.3 Å². The third-order valence-electron chi connectivity index (χ3n) is 4.40. The van der Waals surface area contributed by atoms with Gasteiger partial charge < -0.3 is 19.5 Å². The van der Waals surface area contributed by atoms with Crippen LogP contribution in [0.1, 0.15) is 29.1 Å². The van der Waals surface area contributed by atoms with Gasteiger partial charge in [-0.1, -0.05) is 23.4 Å². The van der Waals surface area contributed by atoms with E-state index in [1.54, 1.807) is 33.7 Å². The van der Waals surface area contributed by atoms with Crippen molar-refractivity contribution in [3.05, 3.63) is 40.7 Å². The van der Waals surface area contributed by atoms with E-state index in [9.17, 15) is 9.59 Å². The highest BCUT2D eigenvalue weighted by atomic mass is 35.5. The molecule has 3 rings (SSSR count). The van der Waals surface area contributed by atoms with Gasteiger partial charge in [-0.15, -0.1) is 10.2 Å². The van der Waals surface area contributed by atoms with Gasteiger partial charge in [0.1, 0.15) is 0 Å². The highest BCUT2D eigenvalue weighted by Gasteiger charge is 2.21. The highest BCUT2D eigenvalue weighted by Crippen LogP contribution is 2.20. The van der Waals surface area contributed by atoms with Gasteiger partial charge in [0, 0.05) is 30.7 Å². The topological polar surface area (TPSA) is 89.3 Å². The van der Waals surface area contributed by atoms with Crippen LogP contribution in [0.2, 0.25) is 5.02 Å². The van der Waals surface area contributed by atoms with Gasteiger partial charge in [-0.25, -0.2) is 0 Å². The van der Waals surface area contributed by atoms with E-state index in [2.05, 4.69) is 15.5 Å². The summed E-state index contributed by atoms with van der Waals surface area (Å²) in [4.78, 5) is 26.4. The number of aromatic nitrogens is 3. The number of nitrogens with one attached hydrogen (secondary N) is 1. The number of benzene rings is 1. The van der Waals surface area contributed by atoms with Crippen molar-refractivity contribution in [3.63, 3.8) is 0 Å². The van der Waals surface area contributed by atoms with Crippen molar-refractivity contribution in [3.8, 4) is 0 Å². The fourth-order valence-corrected chi connectivity index (χ4v) is 3.75. The number of amides is 2. The van der Waals surface area contributed by atoms with Crippen LogP contribution in [0.25, 0.3) is 0 Å². The molecule has 1 saturated heterocycles. The lowest BCUT2D eigenvalue weighted by Crippen LogP contribution is -2.41. The van der Waals surface area contributed by atoms with Crippen LogP contribution in [0.15, 0.2) is 29.4 Å². The number of ether oxygens (including phenoxy) is 1. The Labute approximate surface area is 172 Å². The zero-order chi connectivity index (χ0) is 20.1. The fraction of sp³-hybridized carbons (Fsp3) is 0.444. The van der Waals surface area contributed by atoms with Gasteiger partial charge >= 0.3 is 0 Å². The van der Waals surface area contributed by atoms with Gasteiger partial charge in [-0.05, 0) is 31.2 Å². The van der Waals surface area contributed by atoms with Crippen molar-refractivity contribution >= 4 is 35.2 Å². The van der Waals surface area contributed by atoms with E-state index >= 15 is 0 Å². The number of thioether (sulfide) groups is 1. The van der Waals surface area contributed by atoms with Crippen LogP contribution in [0.4, 0.5) is 0 Å². The second kappa shape index (κ2) is 9.40. The minimum absolute atomic E-state index is 0.0574. The number of hydrogen-bond donors (Lipinski definition) is 1. The standard InChI is InChI=1S/C18H22ClN5O3S/c1-12(20-17(26)13-3-5-14(19)6-4-13)16-21-22-18(23(16)2)28-11-15(25)24-7-9-27-10-8-24/h3-6,12H,7-11H2,1-2H3,(H,20,26)/t12-/m0/s1. The maximum absolute atomic E-state index is 12.4. The Balaban J connectivity index is 1.57. The van der Waals surface area contributed by atoms with Crippen LogP contribution in [-0.2, 0) is 16.6 Å². The molecule has 10 heteroatoms. The van der Waals surface area contributed by atoms with Gasteiger partial charge in [0.25, 0.3) is 5.91 Å². The average molecular weight is 424 g/mol. The Kier molecular flexibility index (Phi) is 6.93. The summed E-state index contributed by atoms with van der Waals surface area (Å²) in [6.07, 6.45) is 0. The Morgan fingerprint density at radius 1 is 1.25 bits per heavy atom. The maximum Gasteiger partial charge on any atom is 0.251 e. The summed E-state index contributed by atoms with van der Waals surface area (Å²) in [5.41, 5.74) is 0.518. The first kappa shape index (κ1) is 20.6. The molecular formula is C18H22ClN5O3S. The van der Waals surface area contributed by atoms with Gasteiger partial charge in [0.2, 0.25) is 5.91 Å². The predicted octanol–water partition coefficient (Wildman–Crippen LogP) is 1.91.